The van der Waals surface area contributed by atoms with Crippen molar-refractivity contribution in [3.05, 3.63) is 0 Å². The molecule has 0 aliphatic heterocycles. The molecule has 0 aromatic rings. The first-order valence-electron chi connectivity index (χ1n) is 6.24. The fourth-order valence-corrected chi connectivity index (χ4v) is 2.39. The van der Waals surface area contributed by atoms with E-state index in [-0.39, 0.29) is 18.2 Å². The Kier molecular flexibility index (Phi) is 5.49. The second-order valence-electron chi connectivity index (χ2n) is 5.19. The normalized spacial score (nSPS) is 27.1. The lowest BCUT2D eigenvalue weighted by Crippen LogP contribution is -2.50. The van der Waals surface area contributed by atoms with Crippen LogP contribution in [0.3, 0.4) is 0 Å². The molecule has 18 heavy (non-hydrogen) atoms. The second kappa shape index (κ2) is 6.26. The lowest BCUT2D eigenvalue weighted by Gasteiger charge is -2.34. The summed E-state index contributed by atoms with van der Waals surface area (Å²) in [5.41, 5.74) is 0. The summed E-state index contributed by atoms with van der Waals surface area (Å²) in [4.78, 5) is 11.4. The molecule has 3 unspecified atom stereocenters. The highest BCUT2D eigenvalue weighted by atomic mass is 79.9. The molecule has 0 heterocycles. The van der Waals surface area contributed by atoms with Crippen LogP contribution in [0.1, 0.15) is 39.5 Å². The summed E-state index contributed by atoms with van der Waals surface area (Å²) in [6, 6.07) is -0.773. The van der Waals surface area contributed by atoms with Gasteiger partial charge < -0.3 is 5.32 Å². The Morgan fingerprint density at radius 2 is 1.83 bits per heavy atom. The van der Waals surface area contributed by atoms with Gasteiger partial charge in [-0.15, -0.1) is 0 Å². The van der Waals surface area contributed by atoms with E-state index in [0.717, 1.165) is 6.42 Å². The molecule has 0 bridgehead atoms. The van der Waals surface area contributed by atoms with Gasteiger partial charge in [0, 0.05) is 6.04 Å². The molecule has 1 amide bonds. The molecule has 0 radical (unpaired) electrons. The van der Waals surface area contributed by atoms with Gasteiger partial charge in [-0.3, -0.25) is 4.79 Å². The van der Waals surface area contributed by atoms with Crippen molar-refractivity contribution in [2.24, 2.45) is 11.8 Å². The van der Waals surface area contributed by atoms with Gasteiger partial charge in [-0.25, -0.2) is 0 Å². The van der Waals surface area contributed by atoms with Crippen molar-refractivity contribution in [1.82, 2.24) is 5.32 Å². The summed E-state index contributed by atoms with van der Waals surface area (Å²) in [6.07, 6.45) is -2.38. The van der Waals surface area contributed by atoms with Crippen molar-refractivity contribution in [2.45, 2.75) is 56.6 Å². The maximum Gasteiger partial charge on any atom is 0.393 e. The van der Waals surface area contributed by atoms with Crippen molar-refractivity contribution in [3.8, 4) is 0 Å². The van der Waals surface area contributed by atoms with Gasteiger partial charge >= 0.3 is 6.18 Å². The summed E-state index contributed by atoms with van der Waals surface area (Å²) in [5, 5.41) is 2.55. The van der Waals surface area contributed by atoms with E-state index in [4.69, 9.17) is 0 Å². The molecule has 1 aliphatic carbocycles. The van der Waals surface area contributed by atoms with Gasteiger partial charge in [-0.1, -0.05) is 42.6 Å². The largest absolute Gasteiger partial charge is 0.393 e. The number of amides is 1. The van der Waals surface area contributed by atoms with Crippen LogP contribution in [0, 0.1) is 11.8 Å². The number of carbonyl (C=O) groups excluding carboxylic acids is 1. The van der Waals surface area contributed by atoms with Crippen molar-refractivity contribution in [2.75, 3.05) is 0 Å². The minimum absolute atomic E-state index is 0.0536. The van der Waals surface area contributed by atoms with Crippen molar-refractivity contribution in [1.29, 1.82) is 0 Å². The smallest absolute Gasteiger partial charge is 0.352 e. The van der Waals surface area contributed by atoms with Crippen LogP contribution >= 0.6 is 15.9 Å². The van der Waals surface area contributed by atoms with Crippen molar-refractivity contribution >= 4 is 21.8 Å². The Balaban J connectivity index is 2.65. The molecule has 0 aromatic carbocycles. The van der Waals surface area contributed by atoms with Gasteiger partial charge in [0.2, 0.25) is 5.91 Å². The molecule has 3 atom stereocenters. The number of alkyl halides is 4. The maximum atomic E-state index is 12.8. The van der Waals surface area contributed by atoms with E-state index in [9.17, 15) is 18.0 Å². The third-order valence-corrected chi connectivity index (χ3v) is 4.82. The molecule has 0 spiro atoms. The second-order valence-corrected chi connectivity index (χ2v) is 6.18. The first kappa shape index (κ1) is 15.8. The maximum absolute atomic E-state index is 12.8. The lowest BCUT2D eigenvalue weighted by molar-refractivity contribution is -0.189. The fourth-order valence-electron chi connectivity index (χ4n) is 2.26. The van der Waals surface area contributed by atoms with Crippen LogP contribution in [0.4, 0.5) is 13.2 Å². The summed E-state index contributed by atoms with van der Waals surface area (Å²) >= 11 is 3.21. The molecule has 2 nitrogen and oxygen atoms in total. The first-order chi connectivity index (χ1) is 8.23. The van der Waals surface area contributed by atoms with Crippen LogP contribution in [0.25, 0.3) is 0 Å². The average Bonchev–Trinajstić information content (AvgIpc) is 2.27. The van der Waals surface area contributed by atoms with E-state index in [0.29, 0.717) is 12.8 Å². The molecular weight excluding hydrogens is 311 g/mol. The lowest BCUT2D eigenvalue weighted by atomic mass is 9.84. The molecular formula is C12H19BrF3NO. The van der Waals surface area contributed by atoms with E-state index in [1.54, 1.807) is 0 Å². The van der Waals surface area contributed by atoms with Crippen LogP contribution in [-0.2, 0) is 4.79 Å². The third kappa shape index (κ3) is 4.14. The number of hydrogen-bond acceptors (Lipinski definition) is 1. The number of nitrogens with one attached hydrogen (secondary N) is 1. The third-order valence-electron chi connectivity index (χ3n) is 3.35. The summed E-state index contributed by atoms with van der Waals surface area (Å²) in [5.74, 6) is -1.69. The Morgan fingerprint density at radius 3 is 2.33 bits per heavy atom. The first-order valence-corrected chi connectivity index (χ1v) is 7.16. The van der Waals surface area contributed by atoms with Gasteiger partial charge in [0.25, 0.3) is 0 Å². The van der Waals surface area contributed by atoms with Crippen LogP contribution in [0.2, 0.25) is 0 Å². The number of carbonyl (C=O) groups is 1. The van der Waals surface area contributed by atoms with E-state index >= 15 is 0 Å². The number of rotatable bonds is 3. The minimum atomic E-state index is -4.22. The molecule has 1 saturated carbocycles. The summed E-state index contributed by atoms with van der Waals surface area (Å²) in [7, 11) is 0. The van der Waals surface area contributed by atoms with E-state index in [2.05, 4.69) is 21.2 Å². The molecule has 1 rings (SSSR count). The zero-order valence-electron chi connectivity index (χ0n) is 10.6. The van der Waals surface area contributed by atoms with Crippen LogP contribution in [0.5, 0.6) is 0 Å². The predicted molar refractivity (Wildman–Crippen MR) is 67.5 cm³/mol. The molecule has 106 valence electrons. The summed E-state index contributed by atoms with van der Waals surface area (Å²) < 4.78 is 38.5. The standard InChI is InChI=1S/C12H19BrF3NO/c1-7(2)10(13)11(18)17-9-6-4-3-5-8(9)12(14,15)16/h7-10H,3-6H2,1-2H3,(H,17,18). The quantitative estimate of drug-likeness (QED) is 0.787. The number of hydrogen-bond donors (Lipinski definition) is 1. The molecule has 1 fully saturated rings. The topological polar surface area (TPSA) is 29.1 Å². The minimum Gasteiger partial charge on any atom is -0.352 e. The Morgan fingerprint density at radius 1 is 1.28 bits per heavy atom. The Hall–Kier alpha value is -0.260. The highest BCUT2D eigenvalue weighted by molar-refractivity contribution is 9.10. The Labute approximate surface area is 114 Å². The van der Waals surface area contributed by atoms with Crippen LogP contribution in [0.15, 0.2) is 0 Å². The number of halogens is 4. The SMILES string of the molecule is CC(C)C(Br)C(=O)NC1CCCCC1C(F)(F)F. The van der Waals surface area contributed by atoms with Crippen molar-refractivity contribution < 1.29 is 18.0 Å². The zero-order chi connectivity index (χ0) is 13.9. The van der Waals surface area contributed by atoms with Gasteiger partial charge in [-0.2, -0.15) is 13.2 Å². The van der Waals surface area contributed by atoms with Gasteiger partial charge in [0.05, 0.1) is 10.7 Å². The Bertz CT molecular complexity index is 294. The highest BCUT2D eigenvalue weighted by Crippen LogP contribution is 2.37. The molecule has 0 saturated heterocycles. The van der Waals surface area contributed by atoms with Gasteiger partial charge in [0.15, 0.2) is 0 Å². The average molecular weight is 330 g/mol. The van der Waals surface area contributed by atoms with Crippen LogP contribution in [-0.4, -0.2) is 23.0 Å². The molecule has 1 aliphatic rings. The van der Waals surface area contributed by atoms with E-state index in [1.807, 2.05) is 13.8 Å². The van der Waals surface area contributed by atoms with E-state index < -0.39 is 23.0 Å². The monoisotopic (exact) mass is 329 g/mol. The van der Waals surface area contributed by atoms with Gasteiger partial charge in [0.1, 0.15) is 0 Å². The molecule has 1 N–H and O–H groups in total. The fraction of sp³-hybridized carbons (Fsp3) is 0.917. The highest BCUT2D eigenvalue weighted by Gasteiger charge is 2.46. The van der Waals surface area contributed by atoms with Gasteiger partial charge in [-0.05, 0) is 18.8 Å². The molecule has 6 heteroatoms. The molecule has 0 aromatic heterocycles. The predicted octanol–water partition coefficient (Wildman–Crippen LogP) is 3.64. The summed E-state index contributed by atoms with van der Waals surface area (Å²) in [6.45, 7) is 3.70. The van der Waals surface area contributed by atoms with E-state index in [1.165, 1.54) is 0 Å². The van der Waals surface area contributed by atoms with Crippen LogP contribution < -0.4 is 5.32 Å². The van der Waals surface area contributed by atoms with Crippen molar-refractivity contribution in [3.63, 3.8) is 0 Å². The zero-order valence-corrected chi connectivity index (χ0v) is 12.1.